The van der Waals surface area contributed by atoms with Crippen LogP contribution >= 0.6 is 0 Å². The second-order valence-electron chi connectivity index (χ2n) is 5.32. The van der Waals surface area contributed by atoms with E-state index in [9.17, 15) is 9.59 Å². The van der Waals surface area contributed by atoms with E-state index in [1.54, 1.807) is 13.8 Å². The highest BCUT2D eigenvalue weighted by molar-refractivity contribution is 5.76. The lowest BCUT2D eigenvalue weighted by atomic mass is 10.0. The van der Waals surface area contributed by atoms with Gasteiger partial charge in [0.05, 0.1) is 5.92 Å². The molecular formula is C13H25N3O3. The molecule has 1 saturated heterocycles. The van der Waals surface area contributed by atoms with Crippen LogP contribution in [-0.4, -0.2) is 54.2 Å². The second kappa shape index (κ2) is 7.33. The molecule has 3 N–H and O–H groups in total. The number of carbonyl (C=O) groups excluding carboxylic acids is 1. The average Bonchev–Trinajstić information content (AvgIpc) is 2.83. The van der Waals surface area contributed by atoms with Gasteiger partial charge in [0.1, 0.15) is 0 Å². The number of nitrogens with one attached hydrogen (secondary N) is 2. The van der Waals surface area contributed by atoms with E-state index in [0.717, 1.165) is 26.1 Å². The van der Waals surface area contributed by atoms with Gasteiger partial charge in [0.2, 0.25) is 0 Å². The fraction of sp³-hybridized carbons (Fsp3) is 0.846. The third-order valence-electron chi connectivity index (χ3n) is 3.87. The van der Waals surface area contributed by atoms with Crippen LogP contribution in [0.3, 0.4) is 0 Å². The first-order chi connectivity index (χ1) is 8.93. The first-order valence-corrected chi connectivity index (χ1v) is 6.93. The molecule has 0 aliphatic carbocycles. The third kappa shape index (κ3) is 5.06. The van der Waals surface area contributed by atoms with E-state index in [1.807, 2.05) is 0 Å². The highest BCUT2D eigenvalue weighted by Gasteiger charge is 2.23. The molecule has 1 aliphatic heterocycles. The minimum atomic E-state index is -0.901. The minimum Gasteiger partial charge on any atom is -0.481 e. The topological polar surface area (TPSA) is 81.7 Å². The molecule has 19 heavy (non-hydrogen) atoms. The fourth-order valence-electron chi connectivity index (χ4n) is 2.20. The summed E-state index contributed by atoms with van der Waals surface area (Å²) in [5.41, 5.74) is 0. The summed E-state index contributed by atoms with van der Waals surface area (Å²) < 4.78 is 0. The van der Waals surface area contributed by atoms with Crippen LogP contribution in [0, 0.1) is 11.8 Å². The van der Waals surface area contributed by atoms with Crippen molar-refractivity contribution in [1.29, 1.82) is 0 Å². The Hall–Kier alpha value is -1.30. The largest absolute Gasteiger partial charge is 0.481 e. The average molecular weight is 271 g/mol. The van der Waals surface area contributed by atoms with Crippen LogP contribution in [0.25, 0.3) is 0 Å². The number of likely N-dealkylation sites (tertiary alicyclic amines) is 1. The van der Waals surface area contributed by atoms with Gasteiger partial charge in [-0.15, -0.1) is 0 Å². The second-order valence-corrected chi connectivity index (χ2v) is 5.32. The van der Waals surface area contributed by atoms with Crippen LogP contribution in [0.1, 0.15) is 27.2 Å². The highest BCUT2D eigenvalue weighted by atomic mass is 16.4. The van der Waals surface area contributed by atoms with Gasteiger partial charge in [-0.1, -0.05) is 6.92 Å². The van der Waals surface area contributed by atoms with Crippen molar-refractivity contribution in [3.63, 3.8) is 0 Å². The molecule has 6 heteroatoms. The molecule has 1 heterocycles. The number of amides is 2. The van der Waals surface area contributed by atoms with Crippen LogP contribution in [-0.2, 0) is 4.79 Å². The summed E-state index contributed by atoms with van der Waals surface area (Å²) in [7, 11) is 0. The minimum absolute atomic E-state index is 0.282. The van der Waals surface area contributed by atoms with Gasteiger partial charge in [-0.25, -0.2) is 4.79 Å². The zero-order valence-corrected chi connectivity index (χ0v) is 12.0. The van der Waals surface area contributed by atoms with Crippen molar-refractivity contribution in [3.8, 4) is 0 Å². The van der Waals surface area contributed by atoms with Gasteiger partial charge >= 0.3 is 12.0 Å². The first-order valence-electron chi connectivity index (χ1n) is 6.93. The molecule has 110 valence electrons. The number of hydrogen-bond acceptors (Lipinski definition) is 3. The molecule has 1 fully saturated rings. The maximum Gasteiger partial charge on any atom is 0.315 e. The fourth-order valence-corrected chi connectivity index (χ4v) is 2.20. The smallest absolute Gasteiger partial charge is 0.315 e. The molecule has 3 unspecified atom stereocenters. The summed E-state index contributed by atoms with van der Waals surface area (Å²) >= 11 is 0. The number of carbonyl (C=O) groups is 2. The van der Waals surface area contributed by atoms with E-state index in [0.29, 0.717) is 12.5 Å². The monoisotopic (exact) mass is 271 g/mol. The van der Waals surface area contributed by atoms with E-state index in [4.69, 9.17) is 5.11 Å². The number of carboxylic acid groups (broad SMARTS) is 1. The molecule has 0 radical (unpaired) electrons. The third-order valence-corrected chi connectivity index (χ3v) is 3.87. The number of rotatable bonds is 6. The molecule has 0 saturated carbocycles. The Balaban J connectivity index is 2.23. The standard InChI is InChI=1S/C13H25N3O3/c1-4-16-6-5-11(8-16)7-14-13(19)15-10(3)9(2)12(17)18/h9-11H,4-8H2,1-3H3,(H,17,18)(H2,14,15,19). The molecular weight excluding hydrogens is 246 g/mol. The number of carboxylic acids is 1. The van der Waals surface area contributed by atoms with Gasteiger partial charge < -0.3 is 20.6 Å². The molecule has 2 amide bonds. The summed E-state index contributed by atoms with van der Waals surface area (Å²) in [4.78, 5) is 24.8. The molecule has 6 nitrogen and oxygen atoms in total. The molecule has 0 aromatic carbocycles. The quantitative estimate of drug-likeness (QED) is 0.665. The summed E-state index contributed by atoms with van der Waals surface area (Å²) in [5.74, 6) is -0.993. The van der Waals surface area contributed by atoms with Crippen molar-refractivity contribution >= 4 is 12.0 Å². The maximum absolute atomic E-state index is 11.7. The van der Waals surface area contributed by atoms with Crippen molar-refractivity contribution in [1.82, 2.24) is 15.5 Å². The normalized spacial score (nSPS) is 22.8. The predicted molar refractivity (Wildman–Crippen MR) is 73.0 cm³/mol. The van der Waals surface area contributed by atoms with Gasteiger partial charge in [0, 0.05) is 19.1 Å². The van der Waals surface area contributed by atoms with Crippen molar-refractivity contribution in [2.75, 3.05) is 26.2 Å². The molecule has 0 aromatic heterocycles. The van der Waals surface area contributed by atoms with E-state index in [-0.39, 0.29) is 12.1 Å². The van der Waals surface area contributed by atoms with E-state index in [1.165, 1.54) is 0 Å². The molecule has 1 aliphatic rings. The number of hydrogen-bond donors (Lipinski definition) is 3. The number of nitrogens with zero attached hydrogens (tertiary/aromatic N) is 1. The van der Waals surface area contributed by atoms with E-state index in [2.05, 4.69) is 22.5 Å². The van der Waals surface area contributed by atoms with Crippen molar-refractivity contribution in [2.45, 2.75) is 33.2 Å². The summed E-state index contributed by atoms with van der Waals surface area (Å²) in [6.45, 7) is 9.24. The van der Waals surface area contributed by atoms with Crippen LogP contribution in [0.5, 0.6) is 0 Å². The maximum atomic E-state index is 11.7. The lowest BCUT2D eigenvalue weighted by Crippen LogP contribution is -2.46. The zero-order chi connectivity index (χ0) is 14.4. The first kappa shape index (κ1) is 15.8. The molecule has 0 aromatic rings. The van der Waals surface area contributed by atoms with E-state index >= 15 is 0 Å². The summed E-state index contributed by atoms with van der Waals surface area (Å²) in [6.07, 6.45) is 1.11. The van der Waals surface area contributed by atoms with Crippen LogP contribution in [0.15, 0.2) is 0 Å². The van der Waals surface area contributed by atoms with Crippen molar-refractivity contribution < 1.29 is 14.7 Å². The molecule has 1 rings (SSSR count). The predicted octanol–water partition coefficient (Wildman–Crippen LogP) is 0.737. The Labute approximate surface area is 114 Å². The lowest BCUT2D eigenvalue weighted by Gasteiger charge is -2.19. The Morgan fingerprint density at radius 3 is 2.63 bits per heavy atom. The SMILES string of the molecule is CCN1CCC(CNC(=O)NC(C)C(C)C(=O)O)C1. The van der Waals surface area contributed by atoms with Gasteiger partial charge in [-0.3, -0.25) is 4.79 Å². The van der Waals surface area contributed by atoms with Crippen LogP contribution in [0.2, 0.25) is 0 Å². The van der Waals surface area contributed by atoms with Crippen molar-refractivity contribution in [3.05, 3.63) is 0 Å². The Morgan fingerprint density at radius 2 is 2.11 bits per heavy atom. The number of urea groups is 1. The summed E-state index contributed by atoms with van der Waals surface area (Å²) in [6, 6.07) is -0.663. The number of aliphatic carboxylic acids is 1. The van der Waals surface area contributed by atoms with Crippen LogP contribution in [0.4, 0.5) is 4.79 Å². The molecule has 0 bridgehead atoms. The van der Waals surface area contributed by atoms with Crippen LogP contribution < -0.4 is 10.6 Å². The lowest BCUT2D eigenvalue weighted by molar-refractivity contribution is -0.141. The Kier molecular flexibility index (Phi) is 6.08. The van der Waals surface area contributed by atoms with E-state index < -0.39 is 11.9 Å². The molecule has 0 spiro atoms. The highest BCUT2D eigenvalue weighted by Crippen LogP contribution is 2.14. The van der Waals surface area contributed by atoms with Gasteiger partial charge in [-0.05, 0) is 39.3 Å². The zero-order valence-electron chi connectivity index (χ0n) is 12.0. The van der Waals surface area contributed by atoms with Crippen molar-refractivity contribution in [2.24, 2.45) is 11.8 Å². The Morgan fingerprint density at radius 1 is 1.42 bits per heavy atom. The van der Waals surface area contributed by atoms with Gasteiger partial charge in [0.15, 0.2) is 0 Å². The van der Waals surface area contributed by atoms with Gasteiger partial charge in [-0.2, -0.15) is 0 Å². The van der Waals surface area contributed by atoms with Gasteiger partial charge in [0.25, 0.3) is 0 Å². The molecule has 3 atom stereocenters. The summed E-state index contributed by atoms with van der Waals surface area (Å²) in [5, 5.41) is 14.3. The Bertz CT molecular complexity index is 322.